The molecule has 0 amide bonds. The summed E-state index contributed by atoms with van der Waals surface area (Å²) in [5, 5.41) is 15.5. The standard InChI is InChI=1S/C13H16ClN3O3/c1-9(18)8-13(2,3)12(17(19)20)16-15-11-6-4-10(14)5-7-11/h4-7,15H,8H2,1-3H3/b16-12-. The zero-order valence-electron chi connectivity index (χ0n) is 11.5. The lowest BCUT2D eigenvalue weighted by atomic mass is 9.86. The van der Waals surface area contributed by atoms with E-state index in [2.05, 4.69) is 10.5 Å². The summed E-state index contributed by atoms with van der Waals surface area (Å²) in [6.07, 6.45) is 0.0507. The highest BCUT2D eigenvalue weighted by Crippen LogP contribution is 2.24. The number of anilines is 1. The number of benzene rings is 1. The van der Waals surface area contributed by atoms with Gasteiger partial charge in [-0.1, -0.05) is 11.6 Å². The average Bonchev–Trinajstić information content (AvgIpc) is 2.29. The minimum atomic E-state index is -0.950. The Kier molecular flexibility index (Phi) is 5.21. The second-order valence-corrected chi connectivity index (χ2v) is 5.51. The molecule has 6 nitrogen and oxygen atoms in total. The maximum Gasteiger partial charge on any atom is 0.369 e. The lowest BCUT2D eigenvalue weighted by molar-refractivity contribution is -0.360. The fourth-order valence-corrected chi connectivity index (χ4v) is 1.91. The van der Waals surface area contributed by atoms with Crippen molar-refractivity contribution < 1.29 is 9.72 Å². The van der Waals surface area contributed by atoms with Gasteiger partial charge < -0.3 is 10.1 Å². The van der Waals surface area contributed by atoms with Crippen LogP contribution in [0.3, 0.4) is 0 Å². The van der Waals surface area contributed by atoms with Gasteiger partial charge in [-0.05, 0) is 50.0 Å². The van der Waals surface area contributed by atoms with Gasteiger partial charge in [-0.25, -0.2) is 0 Å². The number of nitro groups is 1. The van der Waals surface area contributed by atoms with Crippen molar-refractivity contribution in [1.82, 2.24) is 0 Å². The number of carbonyl (C=O) groups excluding carboxylic acids is 1. The Labute approximate surface area is 122 Å². The third-order valence-electron chi connectivity index (χ3n) is 2.60. The molecule has 0 aliphatic rings. The van der Waals surface area contributed by atoms with Crippen LogP contribution < -0.4 is 5.43 Å². The number of amidine groups is 1. The molecule has 0 aliphatic carbocycles. The first kappa shape index (κ1) is 16.1. The van der Waals surface area contributed by atoms with E-state index in [1.54, 1.807) is 38.1 Å². The van der Waals surface area contributed by atoms with Gasteiger partial charge in [-0.3, -0.25) is 4.79 Å². The molecule has 1 rings (SSSR count). The quantitative estimate of drug-likeness (QED) is 0.391. The Morgan fingerprint density at radius 1 is 1.40 bits per heavy atom. The molecule has 0 saturated carbocycles. The maximum absolute atomic E-state index is 11.2. The van der Waals surface area contributed by atoms with Gasteiger partial charge in [0.2, 0.25) is 0 Å². The van der Waals surface area contributed by atoms with Gasteiger partial charge in [-0.15, -0.1) is 0 Å². The van der Waals surface area contributed by atoms with Crippen LogP contribution in [-0.4, -0.2) is 16.5 Å². The second kappa shape index (κ2) is 6.47. The number of halogens is 1. The Bertz CT molecular complexity index is 538. The molecule has 0 aromatic heterocycles. The Hall–Kier alpha value is -1.95. The van der Waals surface area contributed by atoms with Crippen LogP contribution in [0.15, 0.2) is 29.4 Å². The number of nitrogens with one attached hydrogen (secondary N) is 1. The Balaban J connectivity index is 2.96. The number of hydrogen-bond donors (Lipinski definition) is 1. The fraction of sp³-hybridized carbons (Fsp3) is 0.385. The van der Waals surface area contributed by atoms with E-state index >= 15 is 0 Å². The summed E-state index contributed by atoms with van der Waals surface area (Å²) >= 11 is 5.75. The summed E-state index contributed by atoms with van der Waals surface area (Å²) in [6, 6.07) is 6.60. The first-order valence-corrected chi connectivity index (χ1v) is 6.34. The number of carbonyl (C=O) groups is 1. The van der Waals surface area contributed by atoms with Gasteiger partial charge in [0.05, 0.1) is 16.2 Å². The van der Waals surface area contributed by atoms with Crippen molar-refractivity contribution in [3.05, 3.63) is 39.4 Å². The summed E-state index contributed by atoms with van der Waals surface area (Å²) in [5.41, 5.74) is 2.24. The van der Waals surface area contributed by atoms with Crippen molar-refractivity contribution in [1.29, 1.82) is 0 Å². The van der Waals surface area contributed by atoms with Gasteiger partial charge in [0, 0.05) is 11.4 Å². The maximum atomic E-state index is 11.2. The van der Waals surface area contributed by atoms with Crippen LogP contribution in [0.25, 0.3) is 0 Å². The Morgan fingerprint density at radius 3 is 2.40 bits per heavy atom. The smallest absolute Gasteiger partial charge is 0.358 e. The molecule has 0 unspecified atom stereocenters. The molecule has 1 aromatic rings. The summed E-state index contributed by atoms with van der Waals surface area (Å²) in [6.45, 7) is 4.62. The zero-order chi connectivity index (χ0) is 15.3. The third kappa shape index (κ3) is 4.62. The minimum Gasteiger partial charge on any atom is -0.358 e. The number of ketones is 1. The van der Waals surface area contributed by atoms with Crippen molar-refractivity contribution in [2.75, 3.05) is 5.43 Å². The SMILES string of the molecule is CC(=O)CC(C)(C)/C(=N/Nc1ccc(Cl)cc1)[N+](=O)[O-]. The van der Waals surface area contributed by atoms with Crippen LogP contribution in [0.2, 0.25) is 5.02 Å². The normalized spacial score (nSPS) is 12.1. The number of rotatable bonds is 5. The molecule has 20 heavy (non-hydrogen) atoms. The molecule has 0 fully saturated rings. The summed E-state index contributed by atoms with van der Waals surface area (Å²) in [7, 11) is 0. The van der Waals surface area contributed by atoms with E-state index in [-0.39, 0.29) is 18.0 Å². The van der Waals surface area contributed by atoms with Crippen LogP contribution >= 0.6 is 11.6 Å². The number of Topliss-reactive ketones (excluding diaryl/α,β-unsaturated/α-hetero) is 1. The Morgan fingerprint density at radius 2 is 1.95 bits per heavy atom. The van der Waals surface area contributed by atoms with Crippen molar-refractivity contribution >= 4 is 28.9 Å². The molecular weight excluding hydrogens is 282 g/mol. The van der Waals surface area contributed by atoms with Crippen LogP contribution in [0.4, 0.5) is 5.69 Å². The van der Waals surface area contributed by atoms with Crippen molar-refractivity contribution in [2.24, 2.45) is 10.5 Å². The van der Waals surface area contributed by atoms with Gasteiger partial charge in [0.15, 0.2) is 0 Å². The lowest BCUT2D eigenvalue weighted by Crippen LogP contribution is -2.33. The van der Waals surface area contributed by atoms with Gasteiger partial charge in [0.1, 0.15) is 5.78 Å². The molecule has 0 bridgehead atoms. The predicted molar refractivity (Wildman–Crippen MR) is 78.6 cm³/mol. The highest BCUT2D eigenvalue weighted by molar-refractivity contribution is 6.30. The molecular formula is C13H16ClN3O3. The van der Waals surface area contributed by atoms with Crippen molar-refractivity contribution in [3.8, 4) is 0 Å². The van der Waals surface area contributed by atoms with E-state index in [0.29, 0.717) is 10.7 Å². The van der Waals surface area contributed by atoms with E-state index < -0.39 is 10.3 Å². The van der Waals surface area contributed by atoms with Gasteiger partial charge in [0.25, 0.3) is 0 Å². The van der Waals surface area contributed by atoms with Crippen LogP contribution in [-0.2, 0) is 4.79 Å². The monoisotopic (exact) mass is 297 g/mol. The molecule has 0 spiro atoms. The predicted octanol–water partition coefficient (Wildman–Crippen LogP) is 3.35. The van der Waals surface area contributed by atoms with E-state index in [9.17, 15) is 14.9 Å². The van der Waals surface area contributed by atoms with Crippen LogP contribution in [0.1, 0.15) is 27.2 Å². The molecule has 108 valence electrons. The van der Waals surface area contributed by atoms with E-state index in [1.807, 2.05) is 0 Å². The van der Waals surface area contributed by atoms with E-state index in [4.69, 9.17) is 11.6 Å². The highest BCUT2D eigenvalue weighted by Gasteiger charge is 2.36. The van der Waals surface area contributed by atoms with Crippen LogP contribution in [0.5, 0.6) is 0 Å². The number of hydrazone groups is 1. The molecule has 0 heterocycles. The zero-order valence-corrected chi connectivity index (χ0v) is 12.3. The van der Waals surface area contributed by atoms with Crippen LogP contribution in [0, 0.1) is 15.5 Å². The van der Waals surface area contributed by atoms with Crippen molar-refractivity contribution in [2.45, 2.75) is 27.2 Å². The molecule has 0 atom stereocenters. The summed E-state index contributed by atoms with van der Waals surface area (Å²) in [4.78, 5) is 21.7. The van der Waals surface area contributed by atoms with Crippen molar-refractivity contribution in [3.63, 3.8) is 0 Å². The topological polar surface area (TPSA) is 84.6 Å². The average molecular weight is 298 g/mol. The molecule has 0 aliphatic heterocycles. The molecule has 0 radical (unpaired) electrons. The number of nitrogens with zero attached hydrogens (tertiary/aromatic N) is 2. The van der Waals surface area contributed by atoms with Gasteiger partial charge >= 0.3 is 5.84 Å². The molecule has 1 aromatic carbocycles. The summed E-state index contributed by atoms with van der Waals surface area (Å²) in [5.74, 6) is -0.418. The van der Waals surface area contributed by atoms with Gasteiger partial charge in [-0.2, -0.15) is 5.43 Å². The highest BCUT2D eigenvalue weighted by atomic mass is 35.5. The summed E-state index contributed by atoms with van der Waals surface area (Å²) < 4.78 is 0. The lowest BCUT2D eigenvalue weighted by Gasteiger charge is -2.18. The minimum absolute atomic E-state index is 0.0507. The van der Waals surface area contributed by atoms with E-state index in [0.717, 1.165) is 0 Å². The fourth-order valence-electron chi connectivity index (χ4n) is 1.78. The largest absolute Gasteiger partial charge is 0.369 e. The second-order valence-electron chi connectivity index (χ2n) is 5.07. The third-order valence-corrected chi connectivity index (χ3v) is 2.86. The molecule has 0 saturated heterocycles. The first-order chi connectivity index (χ1) is 9.22. The number of hydrogen-bond acceptors (Lipinski definition) is 5. The molecule has 1 N–H and O–H groups in total. The first-order valence-electron chi connectivity index (χ1n) is 5.96. The molecule has 7 heteroatoms. The van der Waals surface area contributed by atoms with E-state index in [1.165, 1.54) is 6.92 Å².